The van der Waals surface area contributed by atoms with Crippen molar-refractivity contribution in [3.63, 3.8) is 0 Å². The van der Waals surface area contributed by atoms with Crippen LogP contribution in [0.2, 0.25) is 0 Å². The first kappa shape index (κ1) is 33.0. The van der Waals surface area contributed by atoms with Gasteiger partial charge in [0.15, 0.2) is 17.3 Å². The van der Waals surface area contributed by atoms with E-state index in [0.717, 1.165) is 32.6 Å². The average molecular weight is 734 g/mol. The molecule has 0 aliphatic rings. The SMILES string of the molecule is [C-]#[N+]c1cccc(-c2cc(-n3c4ccccc4c4ccc(-c5ncccn5)cc43)c(C(F)(F)F)cc2-n2c3ccccc3c3ccc(-c4ncccn4)cc32)c1. The van der Waals surface area contributed by atoms with Crippen molar-refractivity contribution in [3.8, 4) is 45.3 Å². The fourth-order valence-electron chi connectivity index (χ4n) is 7.78. The zero-order chi connectivity index (χ0) is 38.0. The summed E-state index contributed by atoms with van der Waals surface area (Å²) in [5.74, 6) is 0.954. The number of hydrogen-bond acceptors (Lipinski definition) is 4. The van der Waals surface area contributed by atoms with Gasteiger partial charge in [0.05, 0.1) is 45.6 Å². The highest BCUT2D eigenvalue weighted by Crippen LogP contribution is 2.46. The molecule has 4 aromatic heterocycles. The van der Waals surface area contributed by atoms with Gasteiger partial charge in [0.25, 0.3) is 0 Å². The molecule has 4 heterocycles. The number of benzene rings is 6. The number of hydrogen-bond donors (Lipinski definition) is 0. The number of aromatic nitrogens is 6. The molecule has 0 bridgehead atoms. The number of para-hydroxylation sites is 2. The van der Waals surface area contributed by atoms with E-state index in [-0.39, 0.29) is 5.69 Å². The summed E-state index contributed by atoms with van der Waals surface area (Å²) in [4.78, 5) is 21.4. The van der Waals surface area contributed by atoms with E-state index in [2.05, 4.69) is 24.8 Å². The Hall–Kier alpha value is -7.64. The Morgan fingerprint density at radius 2 is 0.982 bits per heavy atom. The highest BCUT2D eigenvalue weighted by molar-refractivity contribution is 6.12. The Balaban J connectivity index is 1.35. The molecule has 266 valence electrons. The normalized spacial score (nSPS) is 11.8. The quantitative estimate of drug-likeness (QED) is 0.165. The van der Waals surface area contributed by atoms with Crippen LogP contribution in [0.4, 0.5) is 18.9 Å². The molecule has 10 rings (SSSR count). The lowest BCUT2D eigenvalue weighted by molar-refractivity contribution is -0.137. The predicted molar refractivity (Wildman–Crippen MR) is 214 cm³/mol. The van der Waals surface area contributed by atoms with Crippen molar-refractivity contribution in [1.82, 2.24) is 29.1 Å². The van der Waals surface area contributed by atoms with Crippen LogP contribution in [0.5, 0.6) is 0 Å². The van der Waals surface area contributed by atoms with Crippen LogP contribution in [0.15, 0.2) is 158 Å². The molecule has 0 saturated heterocycles. The zero-order valence-electron chi connectivity index (χ0n) is 29.3. The van der Waals surface area contributed by atoms with Crippen molar-refractivity contribution in [3.05, 3.63) is 175 Å². The van der Waals surface area contributed by atoms with E-state index in [1.165, 1.54) is 6.07 Å². The molecule has 0 saturated carbocycles. The fourth-order valence-corrected chi connectivity index (χ4v) is 7.78. The number of alkyl halides is 3. The van der Waals surface area contributed by atoms with Crippen molar-refractivity contribution in [1.29, 1.82) is 0 Å². The highest BCUT2D eigenvalue weighted by atomic mass is 19.4. The molecular weight excluding hydrogens is 708 g/mol. The zero-order valence-corrected chi connectivity index (χ0v) is 29.3. The Morgan fingerprint density at radius 3 is 1.52 bits per heavy atom. The molecule has 0 aliphatic heterocycles. The third-order valence-corrected chi connectivity index (χ3v) is 10.2. The summed E-state index contributed by atoms with van der Waals surface area (Å²) < 4.78 is 51.2. The second-order valence-corrected chi connectivity index (χ2v) is 13.4. The van der Waals surface area contributed by atoms with E-state index in [4.69, 9.17) is 6.57 Å². The molecule has 0 aliphatic carbocycles. The number of nitrogens with zero attached hydrogens (tertiary/aromatic N) is 7. The van der Waals surface area contributed by atoms with E-state index in [0.29, 0.717) is 56.3 Å². The molecule has 0 atom stereocenters. The summed E-state index contributed by atoms with van der Waals surface area (Å²) in [5, 5.41) is 3.32. The van der Waals surface area contributed by atoms with Gasteiger partial charge in [-0.1, -0.05) is 78.9 Å². The standard InChI is InChI=1S/C46H26F3N7/c1-50-31-10-6-9-28(23-31)36-26-43(56-39-14-5-3-12-33(39)35-18-16-30(25-41(35)56)45-53-21-8-22-54-45)37(46(47,48)49)27-42(36)55-38-13-4-2-11-32(38)34-17-15-29(24-40(34)55)44-51-19-7-20-52-44/h2-27H. The minimum absolute atomic E-state index is 0.0547. The minimum atomic E-state index is -4.78. The molecule has 0 radical (unpaired) electrons. The predicted octanol–water partition coefficient (Wildman–Crippen LogP) is 12.0. The summed E-state index contributed by atoms with van der Waals surface area (Å²) in [6, 6.07) is 39.9. The molecule has 6 aromatic carbocycles. The Bertz CT molecular complexity index is 3200. The molecule has 0 amide bonds. The Labute approximate surface area is 317 Å². The average Bonchev–Trinajstić information content (AvgIpc) is 3.75. The maximum absolute atomic E-state index is 15.9. The summed E-state index contributed by atoms with van der Waals surface area (Å²) in [6.07, 6.45) is 1.81. The van der Waals surface area contributed by atoms with Crippen LogP contribution < -0.4 is 0 Å². The number of halogens is 3. The second-order valence-electron chi connectivity index (χ2n) is 13.4. The first-order valence-corrected chi connectivity index (χ1v) is 17.7. The van der Waals surface area contributed by atoms with Gasteiger partial charge in [-0.3, -0.25) is 0 Å². The van der Waals surface area contributed by atoms with Gasteiger partial charge in [-0.15, -0.1) is 0 Å². The largest absolute Gasteiger partial charge is 0.418 e. The third-order valence-electron chi connectivity index (χ3n) is 10.2. The maximum atomic E-state index is 15.9. The lowest BCUT2D eigenvalue weighted by Gasteiger charge is -2.22. The molecule has 56 heavy (non-hydrogen) atoms. The van der Waals surface area contributed by atoms with E-state index in [1.807, 2.05) is 95.6 Å². The van der Waals surface area contributed by atoms with Crippen LogP contribution >= 0.6 is 0 Å². The van der Waals surface area contributed by atoms with Crippen LogP contribution in [0.25, 0.3) is 93.7 Å². The first-order valence-electron chi connectivity index (χ1n) is 17.7. The van der Waals surface area contributed by atoms with Gasteiger partial charge in [0.2, 0.25) is 0 Å². The van der Waals surface area contributed by atoms with E-state index < -0.39 is 11.7 Å². The van der Waals surface area contributed by atoms with Crippen LogP contribution in [-0.4, -0.2) is 29.1 Å². The van der Waals surface area contributed by atoms with Crippen molar-refractivity contribution in [2.24, 2.45) is 0 Å². The van der Waals surface area contributed by atoms with Crippen LogP contribution in [-0.2, 0) is 6.18 Å². The topological polar surface area (TPSA) is 65.8 Å². The molecular formula is C46H26F3N7. The molecule has 0 N–H and O–H groups in total. The Kier molecular flexibility index (Phi) is 7.50. The van der Waals surface area contributed by atoms with Crippen LogP contribution in [0, 0.1) is 6.57 Å². The summed E-state index contributed by atoms with van der Waals surface area (Å²) in [7, 11) is 0. The summed E-state index contributed by atoms with van der Waals surface area (Å²) in [6.45, 7) is 7.81. The second kappa shape index (κ2) is 12.7. The maximum Gasteiger partial charge on any atom is 0.418 e. The molecule has 10 heteroatoms. The lowest BCUT2D eigenvalue weighted by atomic mass is 9.98. The van der Waals surface area contributed by atoms with Gasteiger partial charge in [0, 0.05) is 63.0 Å². The molecule has 0 spiro atoms. The van der Waals surface area contributed by atoms with Gasteiger partial charge in [-0.05, 0) is 60.2 Å². The smallest absolute Gasteiger partial charge is 0.309 e. The molecule has 0 fully saturated rings. The van der Waals surface area contributed by atoms with E-state index in [9.17, 15) is 0 Å². The summed E-state index contributed by atoms with van der Waals surface area (Å²) >= 11 is 0. The van der Waals surface area contributed by atoms with Crippen molar-refractivity contribution in [2.75, 3.05) is 0 Å². The number of rotatable bonds is 5. The third kappa shape index (κ3) is 5.28. The van der Waals surface area contributed by atoms with Gasteiger partial charge >= 0.3 is 6.18 Å². The fraction of sp³-hybridized carbons (Fsp3) is 0.0217. The minimum Gasteiger partial charge on any atom is -0.309 e. The van der Waals surface area contributed by atoms with Crippen molar-refractivity contribution in [2.45, 2.75) is 6.18 Å². The molecule has 7 nitrogen and oxygen atoms in total. The van der Waals surface area contributed by atoms with Gasteiger partial charge in [-0.25, -0.2) is 24.8 Å². The highest BCUT2D eigenvalue weighted by Gasteiger charge is 2.37. The van der Waals surface area contributed by atoms with Crippen molar-refractivity contribution >= 4 is 49.3 Å². The van der Waals surface area contributed by atoms with Crippen LogP contribution in [0.1, 0.15) is 5.56 Å². The number of fused-ring (bicyclic) bond motifs is 6. The first-order chi connectivity index (χ1) is 27.4. The lowest BCUT2D eigenvalue weighted by Crippen LogP contribution is -2.13. The van der Waals surface area contributed by atoms with Crippen LogP contribution in [0.3, 0.4) is 0 Å². The van der Waals surface area contributed by atoms with E-state index in [1.54, 1.807) is 65.8 Å². The van der Waals surface area contributed by atoms with Gasteiger partial charge in [-0.2, -0.15) is 13.2 Å². The Morgan fingerprint density at radius 1 is 0.464 bits per heavy atom. The summed E-state index contributed by atoms with van der Waals surface area (Å²) in [5.41, 5.74) is 4.87. The van der Waals surface area contributed by atoms with Gasteiger partial charge in [0.1, 0.15) is 0 Å². The molecule has 10 aromatic rings. The van der Waals surface area contributed by atoms with Gasteiger partial charge < -0.3 is 9.13 Å². The van der Waals surface area contributed by atoms with E-state index >= 15 is 13.2 Å². The van der Waals surface area contributed by atoms with Crippen molar-refractivity contribution < 1.29 is 13.2 Å². The monoisotopic (exact) mass is 733 g/mol. The molecule has 0 unspecified atom stereocenters.